The summed E-state index contributed by atoms with van der Waals surface area (Å²) >= 11 is 10.3. The second-order valence-electron chi connectivity index (χ2n) is 6.20. The van der Waals surface area contributed by atoms with Gasteiger partial charge < -0.3 is 0 Å². The summed E-state index contributed by atoms with van der Waals surface area (Å²) in [7, 11) is 0. The number of hydrogen-bond donors (Lipinski definition) is 2. The van der Waals surface area contributed by atoms with Gasteiger partial charge in [0.1, 0.15) is 16.7 Å². The summed E-state index contributed by atoms with van der Waals surface area (Å²) in [4.78, 5) is 6.56. The molecule has 0 bridgehead atoms. The predicted molar refractivity (Wildman–Crippen MR) is 108 cm³/mol. The molecule has 0 atom stereocenters. The molecule has 0 saturated heterocycles. The van der Waals surface area contributed by atoms with Crippen LogP contribution >= 0.6 is 45.5 Å². The summed E-state index contributed by atoms with van der Waals surface area (Å²) in [6, 6.07) is 0. The third-order valence-electron chi connectivity index (χ3n) is 4.58. The van der Waals surface area contributed by atoms with Gasteiger partial charge in [-0.15, -0.1) is 22.9 Å². The van der Waals surface area contributed by atoms with Crippen LogP contribution in [0.4, 0.5) is 5.00 Å². The monoisotopic (exact) mass is 462 g/mol. The van der Waals surface area contributed by atoms with Gasteiger partial charge in [-0.05, 0) is 67.7 Å². The maximum atomic E-state index is 8.32. The van der Waals surface area contributed by atoms with Crippen molar-refractivity contribution >= 4 is 67.9 Å². The molecular weight excluding hydrogens is 443 g/mol. The largest absolute Gasteiger partial charge is 0.288 e. The molecule has 1 aromatic rings. The van der Waals surface area contributed by atoms with Crippen molar-refractivity contribution in [1.29, 1.82) is 10.8 Å². The molecule has 2 heterocycles. The third-order valence-corrected chi connectivity index (χ3v) is 7.55. The van der Waals surface area contributed by atoms with E-state index in [1.54, 1.807) is 23.2 Å². The number of anilines is 1. The lowest BCUT2D eigenvalue weighted by Gasteiger charge is -2.27. The van der Waals surface area contributed by atoms with E-state index in [-0.39, 0.29) is 0 Å². The Bertz CT molecular complexity index is 688. The molecule has 2 aliphatic rings. The van der Waals surface area contributed by atoms with Crippen LogP contribution in [-0.2, 0) is 0 Å². The van der Waals surface area contributed by atoms with Gasteiger partial charge in [0.05, 0.1) is 9.43 Å². The minimum Gasteiger partial charge on any atom is -0.288 e. The van der Waals surface area contributed by atoms with Gasteiger partial charge in [-0.25, -0.2) is 0 Å². The smallest absolute Gasteiger partial charge is 0.129 e. The molecule has 0 aromatic carbocycles. The quantitative estimate of drug-likeness (QED) is 0.261. The molecule has 0 amide bonds. The lowest BCUT2D eigenvalue weighted by atomic mass is 9.82. The number of fused-ring (bicyclic) bond motifs is 1. The molecule has 0 unspecified atom stereocenters. The number of hydrogen-bond acceptors (Lipinski definition) is 4. The van der Waals surface area contributed by atoms with Crippen molar-refractivity contribution in [3.63, 3.8) is 0 Å². The van der Waals surface area contributed by atoms with E-state index in [9.17, 15) is 0 Å². The van der Waals surface area contributed by atoms with Crippen molar-refractivity contribution in [2.45, 2.75) is 44.9 Å². The molecule has 23 heavy (non-hydrogen) atoms. The van der Waals surface area contributed by atoms with E-state index >= 15 is 0 Å². The molecule has 1 aliphatic carbocycles. The van der Waals surface area contributed by atoms with Crippen LogP contribution in [0.15, 0.2) is 4.99 Å². The van der Waals surface area contributed by atoms with E-state index in [1.807, 2.05) is 0 Å². The van der Waals surface area contributed by atoms with Crippen molar-refractivity contribution in [2.75, 3.05) is 11.4 Å². The number of alkyl halides is 1. The molecule has 4 nitrogen and oxygen atoms in total. The van der Waals surface area contributed by atoms with E-state index in [0.29, 0.717) is 29.5 Å². The van der Waals surface area contributed by atoms with Gasteiger partial charge in [0.2, 0.25) is 0 Å². The molecule has 1 saturated carbocycles. The predicted octanol–water partition coefficient (Wildman–Crippen LogP) is 5.04. The van der Waals surface area contributed by atoms with Gasteiger partial charge >= 0.3 is 0 Å². The summed E-state index contributed by atoms with van der Waals surface area (Å²) in [6.45, 7) is 4.22. The van der Waals surface area contributed by atoms with Crippen molar-refractivity contribution in [2.24, 2.45) is 10.9 Å². The Kier molecular flexibility index (Phi) is 5.13. The Labute approximate surface area is 159 Å². The van der Waals surface area contributed by atoms with Gasteiger partial charge in [0.25, 0.3) is 0 Å². The highest BCUT2D eigenvalue weighted by atomic mass is 127. The van der Waals surface area contributed by atoms with Gasteiger partial charge in [0, 0.05) is 22.6 Å². The molecule has 3 rings (SSSR count). The van der Waals surface area contributed by atoms with E-state index in [1.165, 1.54) is 8.45 Å². The number of rotatable bonds is 1. The number of aliphatic imine (C=N–C) groups is 1. The summed E-state index contributed by atoms with van der Waals surface area (Å²) < 4.78 is 1.22. The van der Waals surface area contributed by atoms with Crippen molar-refractivity contribution in [1.82, 2.24) is 0 Å². The molecule has 1 fully saturated rings. The van der Waals surface area contributed by atoms with Crippen LogP contribution in [-0.4, -0.2) is 29.3 Å². The van der Waals surface area contributed by atoms with Crippen LogP contribution in [0.3, 0.4) is 0 Å². The summed E-state index contributed by atoms with van der Waals surface area (Å²) in [5, 5.41) is 17.7. The number of halogens is 2. The molecule has 0 spiro atoms. The van der Waals surface area contributed by atoms with Crippen LogP contribution in [0, 0.1) is 26.5 Å². The van der Waals surface area contributed by atoms with Gasteiger partial charge in [-0.1, -0.05) is 0 Å². The van der Waals surface area contributed by atoms with Gasteiger partial charge in [-0.2, -0.15) is 0 Å². The molecule has 1 aromatic heterocycles. The van der Waals surface area contributed by atoms with E-state index in [4.69, 9.17) is 27.4 Å². The maximum absolute atomic E-state index is 8.32. The number of nitrogens with one attached hydrogen (secondary N) is 2. The summed E-state index contributed by atoms with van der Waals surface area (Å²) in [5.41, 5.74) is 3.53. The molecule has 0 radical (unpaired) electrons. The van der Waals surface area contributed by atoms with Gasteiger partial charge in [-0.3, -0.25) is 20.7 Å². The second kappa shape index (κ2) is 6.80. The highest BCUT2D eigenvalue weighted by Crippen LogP contribution is 2.42. The molecule has 2 N–H and O–H groups in total. The minimum atomic E-state index is 0.291. The number of nitrogens with zero attached hydrogens (tertiary/aromatic N) is 2. The van der Waals surface area contributed by atoms with Crippen molar-refractivity contribution in [3.05, 3.63) is 14.0 Å². The molecule has 7 heteroatoms. The lowest BCUT2D eigenvalue weighted by molar-refractivity contribution is 0.445. The second-order valence-corrected chi connectivity index (χ2v) is 9.63. The van der Waals surface area contributed by atoms with E-state index < -0.39 is 0 Å². The van der Waals surface area contributed by atoms with Crippen molar-refractivity contribution in [3.8, 4) is 0 Å². The van der Waals surface area contributed by atoms with E-state index in [2.05, 4.69) is 29.5 Å². The zero-order valence-corrected chi connectivity index (χ0v) is 17.0. The molecular formula is C16H20ClIN4S. The van der Waals surface area contributed by atoms with Crippen LogP contribution in [0.2, 0.25) is 0 Å². The Balaban J connectivity index is 2.09. The fourth-order valence-electron chi connectivity index (χ4n) is 3.38. The topological polar surface area (TPSA) is 63.3 Å². The molecule has 1 aliphatic heterocycles. The molecule has 124 valence electrons. The normalized spacial score (nSPS) is 25.0. The first-order valence-corrected chi connectivity index (χ1v) is 10.1. The fraction of sp³-hybridized carbons (Fsp3) is 0.562. The average molecular weight is 463 g/mol. The Morgan fingerprint density at radius 2 is 2.00 bits per heavy atom. The Hall–Kier alpha value is -0.470. The van der Waals surface area contributed by atoms with Gasteiger partial charge in [0.15, 0.2) is 0 Å². The van der Waals surface area contributed by atoms with Crippen molar-refractivity contribution < 1.29 is 0 Å². The fourth-order valence-corrected chi connectivity index (χ4v) is 5.65. The maximum Gasteiger partial charge on any atom is 0.129 e. The highest BCUT2D eigenvalue weighted by molar-refractivity contribution is 14.1. The first kappa shape index (κ1) is 17.4. The first-order chi connectivity index (χ1) is 10.9. The SMILES string of the molecule is CC(=N)N1C(=N)CN=C(C2CCC(Cl)CC2)c2c1sc(I)c2C. The Morgan fingerprint density at radius 1 is 1.35 bits per heavy atom. The third kappa shape index (κ3) is 3.22. The highest BCUT2D eigenvalue weighted by Gasteiger charge is 2.33. The standard InChI is InChI=1S/C16H20ClIN4S/c1-8-13-14(10-3-5-11(17)6-4-10)21-7-12(20)22(9(2)19)16(13)23-15(8)18/h10-11,19-20H,3-7H2,1-2H3. The Morgan fingerprint density at radius 3 is 2.61 bits per heavy atom. The minimum absolute atomic E-state index is 0.291. The first-order valence-electron chi connectivity index (χ1n) is 7.80. The van der Waals surface area contributed by atoms with Crippen LogP contribution in [0.25, 0.3) is 0 Å². The number of thiophene rings is 1. The lowest BCUT2D eigenvalue weighted by Crippen LogP contribution is -2.35. The average Bonchev–Trinajstić information content (AvgIpc) is 2.68. The van der Waals surface area contributed by atoms with Crippen LogP contribution in [0.5, 0.6) is 0 Å². The zero-order valence-electron chi connectivity index (χ0n) is 13.2. The zero-order chi connectivity index (χ0) is 16.7. The van der Waals surface area contributed by atoms with E-state index in [0.717, 1.165) is 42.0 Å². The van der Waals surface area contributed by atoms with Crippen LogP contribution < -0.4 is 4.90 Å². The summed E-state index contributed by atoms with van der Waals surface area (Å²) in [6.07, 6.45) is 4.20. The summed E-state index contributed by atoms with van der Waals surface area (Å²) in [5.74, 6) is 1.19. The number of amidine groups is 2. The van der Waals surface area contributed by atoms with Crippen LogP contribution in [0.1, 0.15) is 43.7 Å².